The molecule has 2 N–H and O–H groups in total. The monoisotopic (exact) mass is 427 g/mol. The van der Waals surface area contributed by atoms with E-state index in [1.54, 1.807) is 55.5 Å². The molecule has 0 aliphatic heterocycles. The van der Waals surface area contributed by atoms with Crippen LogP contribution in [0.25, 0.3) is 0 Å². The first-order valence-electron chi connectivity index (χ1n) is 9.00. The maximum absolute atomic E-state index is 12.5. The number of hydrogen-bond acceptors (Lipinski definition) is 5. The summed E-state index contributed by atoms with van der Waals surface area (Å²) in [7, 11) is -3.68. The number of anilines is 1. The minimum atomic E-state index is -3.68. The number of thiophene rings is 1. The molecule has 3 aromatic rings. The van der Waals surface area contributed by atoms with Crippen molar-refractivity contribution in [3.05, 3.63) is 82.0 Å². The van der Waals surface area contributed by atoms with E-state index in [0.717, 1.165) is 11.3 Å². The van der Waals surface area contributed by atoms with E-state index in [1.807, 2.05) is 13.0 Å². The molecule has 150 valence electrons. The summed E-state index contributed by atoms with van der Waals surface area (Å²) in [5.74, 6) is -0.269. The molecule has 0 bridgehead atoms. The van der Waals surface area contributed by atoms with Crippen LogP contribution in [0, 0.1) is 0 Å². The van der Waals surface area contributed by atoms with Crippen molar-refractivity contribution < 1.29 is 13.2 Å². The lowest BCUT2D eigenvalue weighted by Crippen LogP contribution is -2.18. The van der Waals surface area contributed by atoms with Gasteiger partial charge in [0.1, 0.15) is 0 Å². The summed E-state index contributed by atoms with van der Waals surface area (Å²) in [6, 6.07) is 18.7. The summed E-state index contributed by atoms with van der Waals surface area (Å²) in [6.07, 6.45) is 0.881. The van der Waals surface area contributed by atoms with Crippen molar-refractivity contribution in [1.82, 2.24) is 5.43 Å². The summed E-state index contributed by atoms with van der Waals surface area (Å²) in [5, 5.41) is 4.15. The van der Waals surface area contributed by atoms with Gasteiger partial charge >= 0.3 is 0 Å². The molecule has 0 spiro atoms. The van der Waals surface area contributed by atoms with Crippen LogP contribution in [0.15, 0.2) is 76.7 Å². The summed E-state index contributed by atoms with van der Waals surface area (Å²) >= 11 is 1.44. The molecular weight excluding hydrogens is 406 g/mol. The van der Waals surface area contributed by atoms with Gasteiger partial charge in [0.15, 0.2) is 0 Å². The van der Waals surface area contributed by atoms with Crippen LogP contribution in [0.4, 0.5) is 5.69 Å². The lowest BCUT2D eigenvalue weighted by atomic mass is 10.1. The highest BCUT2D eigenvalue weighted by Gasteiger charge is 2.14. The molecule has 0 atom stereocenters. The van der Waals surface area contributed by atoms with Crippen molar-refractivity contribution in [1.29, 1.82) is 0 Å². The molecular formula is C21H21N3O3S2. The number of amides is 1. The van der Waals surface area contributed by atoms with Gasteiger partial charge in [0.2, 0.25) is 0 Å². The summed E-state index contributed by atoms with van der Waals surface area (Å²) in [5.41, 5.74) is 4.22. The summed E-state index contributed by atoms with van der Waals surface area (Å²) in [4.78, 5) is 14.1. The highest BCUT2D eigenvalue weighted by atomic mass is 32.2. The topological polar surface area (TPSA) is 87.6 Å². The van der Waals surface area contributed by atoms with Crippen molar-refractivity contribution in [2.24, 2.45) is 5.10 Å². The van der Waals surface area contributed by atoms with Crippen LogP contribution in [-0.4, -0.2) is 20.0 Å². The van der Waals surface area contributed by atoms with Crippen LogP contribution in [0.3, 0.4) is 0 Å². The second kappa shape index (κ2) is 9.02. The zero-order valence-corrected chi connectivity index (χ0v) is 17.7. The number of rotatable bonds is 7. The van der Waals surface area contributed by atoms with E-state index in [1.165, 1.54) is 23.5 Å². The first-order chi connectivity index (χ1) is 13.9. The molecule has 8 heteroatoms. The fourth-order valence-corrected chi connectivity index (χ4v) is 4.47. The third-order valence-electron chi connectivity index (χ3n) is 4.15. The van der Waals surface area contributed by atoms with Gasteiger partial charge in [0.05, 0.1) is 15.5 Å². The van der Waals surface area contributed by atoms with Gasteiger partial charge in [0.25, 0.3) is 15.9 Å². The first-order valence-corrected chi connectivity index (χ1v) is 11.3. The molecule has 1 amide bonds. The Hall–Kier alpha value is -2.97. The van der Waals surface area contributed by atoms with Crippen LogP contribution in [0.5, 0.6) is 0 Å². The Balaban J connectivity index is 1.72. The van der Waals surface area contributed by atoms with Gasteiger partial charge in [-0.25, -0.2) is 13.8 Å². The molecule has 3 rings (SSSR count). The number of benzene rings is 2. The lowest BCUT2D eigenvalue weighted by Gasteiger charge is -2.09. The smallest absolute Gasteiger partial charge is 0.280 e. The standard InChI is InChI=1S/C21H21N3O3S2/c1-3-18-12-13-20(28-18)21(25)23-22-15(2)16-8-7-9-17(14-16)24-29(26,27)19-10-5-4-6-11-19/h4-14,24H,3H2,1-2H3,(H,23,25). The predicted octanol–water partition coefficient (Wildman–Crippen LogP) is 4.27. The van der Waals surface area contributed by atoms with E-state index in [-0.39, 0.29) is 10.8 Å². The molecule has 0 fully saturated rings. The molecule has 0 saturated heterocycles. The van der Waals surface area contributed by atoms with Crippen molar-refractivity contribution in [2.75, 3.05) is 4.72 Å². The molecule has 0 radical (unpaired) electrons. The van der Waals surface area contributed by atoms with E-state index in [9.17, 15) is 13.2 Å². The third kappa shape index (κ3) is 5.30. The van der Waals surface area contributed by atoms with Crippen molar-refractivity contribution in [3.63, 3.8) is 0 Å². The maximum atomic E-state index is 12.5. The summed E-state index contributed by atoms with van der Waals surface area (Å²) in [6.45, 7) is 3.78. The van der Waals surface area contributed by atoms with Gasteiger partial charge in [-0.2, -0.15) is 5.10 Å². The highest BCUT2D eigenvalue weighted by Crippen LogP contribution is 2.18. The highest BCUT2D eigenvalue weighted by molar-refractivity contribution is 7.92. The fraction of sp³-hybridized carbons (Fsp3) is 0.143. The van der Waals surface area contributed by atoms with Crippen molar-refractivity contribution >= 4 is 38.7 Å². The van der Waals surface area contributed by atoms with Crippen molar-refractivity contribution in [3.8, 4) is 0 Å². The van der Waals surface area contributed by atoms with E-state index >= 15 is 0 Å². The van der Waals surface area contributed by atoms with E-state index < -0.39 is 10.0 Å². The zero-order chi connectivity index (χ0) is 20.9. The van der Waals surface area contributed by atoms with E-state index in [4.69, 9.17) is 0 Å². The van der Waals surface area contributed by atoms with Crippen LogP contribution in [-0.2, 0) is 16.4 Å². The average Bonchev–Trinajstić information content (AvgIpc) is 3.22. The molecule has 0 aliphatic rings. The number of sulfonamides is 1. The van der Waals surface area contributed by atoms with Gasteiger partial charge in [-0.05, 0) is 55.3 Å². The number of carbonyl (C=O) groups is 1. The van der Waals surface area contributed by atoms with Crippen LogP contribution in [0.2, 0.25) is 0 Å². The molecule has 0 saturated carbocycles. The largest absolute Gasteiger partial charge is 0.281 e. The first kappa shape index (κ1) is 20.8. The third-order valence-corrected chi connectivity index (χ3v) is 6.77. The zero-order valence-electron chi connectivity index (χ0n) is 16.0. The molecule has 2 aromatic carbocycles. The second-order valence-corrected chi connectivity index (χ2v) is 9.11. The average molecular weight is 428 g/mol. The second-order valence-electron chi connectivity index (χ2n) is 6.26. The SMILES string of the molecule is CCc1ccc(C(=O)NN=C(C)c2cccc(NS(=O)(=O)c3ccccc3)c2)s1. The van der Waals surface area contributed by atoms with Gasteiger partial charge in [-0.3, -0.25) is 9.52 Å². The van der Waals surface area contributed by atoms with Gasteiger partial charge in [-0.1, -0.05) is 37.3 Å². The number of carbonyl (C=O) groups excluding carboxylic acids is 1. The summed E-state index contributed by atoms with van der Waals surface area (Å²) < 4.78 is 27.5. The fourth-order valence-electron chi connectivity index (χ4n) is 2.57. The van der Waals surface area contributed by atoms with E-state index in [0.29, 0.717) is 21.8 Å². The molecule has 1 heterocycles. The number of aryl methyl sites for hydroxylation is 1. The Labute approximate surface area is 174 Å². The molecule has 29 heavy (non-hydrogen) atoms. The number of hydrazone groups is 1. The Morgan fingerprint density at radius 1 is 1.03 bits per heavy atom. The Morgan fingerprint density at radius 3 is 2.48 bits per heavy atom. The number of hydrogen-bond donors (Lipinski definition) is 2. The Kier molecular flexibility index (Phi) is 6.46. The molecule has 0 aliphatic carbocycles. The minimum Gasteiger partial charge on any atom is -0.280 e. The lowest BCUT2D eigenvalue weighted by molar-refractivity contribution is 0.0959. The number of nitrogens with zero attached hydrogens (tertiary/aromatic N) is 1. The van der Waals surface area contributed by atoms with Gasteiger partial charge in [0, 0.05) is 10.6 Å². The van der Waals surface area contributed by atoms with Gasteiger partial charge < -0.3 is 0 Å². The minimum absolute atomic E-state index is 0.186. The normalized spacial score (nSPS) is 11.9. The molecule has 6 nitrogen and oxygen atoms in total. The quantitative estimate of drug-likeness (QED) is 0.436. The molecule has 0 unspecified atom stereocenters. The Bertz CT molecular complexity index is 1140. The van der Waals surface area contributed by atoms with Gasteiger partial charge in [-0.15, -0.1) is 11.3 Å². The maximum Gasteiger partial charge on any atom is 0.281 e. The van der Waals surface area contributed by atoms with Crippen molar-refractivity contribution in [2.45, 2.75) is 25.2 Å². The van der Waals surface area contributed by atoms with Crippen LogP contribution in [0.1, 0.15) is 34.0 Å². The van der Waals surface area contributed by atoms with Crippen LogP contribution < -0.4 is 10.1 Å². The van der Waals surface area contributed by atoms with E-state index in [2.05, 4.69) is 15.2 Å². The van der Waals surface area contributed by atoms with Crippen LogP contribution >= 0.6 is 11.3 Å². The Morgan fingerprint density at radius 2 is 1.79 bits per heavy atom. The number of nitrogens with one attached hydrogen (secondary N) is 2. The predicted molar refractivity (Wildman–Crippen MR) is 117 cm³/mol. The molecule has 1 aromatic heterocycles.